The molecule has 0 aromatic heterocycles. The van der Waals surface area contributed by atoms with Gasteiger partial charge in [0.05, 0.1) is 37.7 Å². The molecule has 1 amide bonds. The van der Waals surface area contributed by atoms with Crippen LogP contribution in [-0.2, 0) is 9.53 Å². The molecule has 11 heteroatoms. The fourth-order valence-electron chi connectivity index (χ4n) is 7.14. The average Bonchev–Trinajstić information content (AvgIpc) is 3.54. The van der Waals surface area contributed by atoms with Crippen molar-refractivity contribution >= 4 is 5.91 Å². The van der Waals surface area contributed by atoms with Crippen LogP contribution in [0.1, 0.15) is 51.9 Å². The Morgan fingerprint density at radius 1 is 1.23 bits per heavy atom. The van der Waals surface area contributed by atoms with Gasteiger partial charge in [0, 0.05) is 25.1 Å². The van der Waals surface area contributed by atoms with Gasteiger partial charge in [-0.3, -0.25) is 20.3 Å². The van der Waals surface area contributed by atoms with E-state index in [1.807, 2.05) is 0 Å². The van der Waals surface area contributed by atoms with E-state index in [1.165, 1.54) is 0 Å². The number of carbonyl (C=O) groups excluding carboxylic acids is 1. The van der Waals surface area contributed by atoms with E-state index in [2.05, 4.69) is 40.4 Å². The summed E-state index contributed by atoms with van der Waals surface area (Å²) in [7, 11) is 2.09. The summed E-state index contributed by atoms with van der Waals surface area (Å²) in [6.07, 6.45) is 0.590. The average molecular weight is 503 g/mol. The fourth-order valence-corrected chi connectivity index (χ4v) is 7.14. The molecular formula is C24H41F3N6O2. The molecule has 4 aliphatic heterocycles. The van der Waals surface area contributed by atoms with Crippen molar-refractivity contribution in [3.8, 4) is 0 Å². The van der Waals surface area contributed by atoms with Crippen molar-refractivity contribution in [1.29, 1.82) is 0 Å². The Morgan fingerprint density at radius 2 is 2.06 bits per heavy atom. The number of amides is 1. The van der Waals surface area contributed by atoms with E-state index < -0.39 is 23.9 Å². The molecule has 5 fully saturated rings. The molecule has 1 saturated carbocycles. The maximum atomic E-state index is 13.8. The van der Waals surface area contributed by atoms with Gasteiger partial charge in [0.15, 0.2) is 0 Å². The number of ether oxygens (including phenoxy) is 1. The molecule has 7 unspecified atom stereocenters. The molecule has 4 N–H and O–H groups in total. The number of alkyl halides is 3. The number of nitrogens with zero attached hydrogens (tertiary/aromatic N) is 2. The monoisotopic (exact) mass is 502 g/mol. The summed E-state index contributed by atoms with van der Waals surface area (Å²) in [6.45, 7) is 4.69. The third-order valence-electron chi connectivity index (χ3n) is 9.22. The molecule has 1 aliphatic carbocycles. The predicted octanol–water partition coefficient (Wildman–Crippen LogP) is 1.80. The highest BCUT2D eigenvalue weighted by molar-refractivity contribution is 5.82. The molecule has 9 atom stereocenters. The van der Waals surface area contributed by atoms with E-state index in [0.29, 0.717) is 31.3 Å². The van der Waals surface area contributed by atoms with E-state index in [0.717, 1.165) is 39.0 Å². The van der Waals surface area contributed by atoms with Crippen LogP contribution in [0.4, 0.5) is 13.2 Å². The summed E-state index contributed by atoms with van der Waals surface area (Å²) in [6, 6.07) is 0.264. The largest absolute Gasteiger partial charge is 0.392 e. The van der Waals surface area contributed by atoms with Gasteiger partial charge in [-0.2, -0.15) is 13.2 Å². The molecule has 0 bridgehead atoms. The van der Waals surface area contributed by atoms with Crippen LogP contribution in [0.2, 0.25) is 0 Å². The van der Waals surface area contributed by atoms with E-state index in [1.54, 1.807) is 4.90 Å². The van der Waals surface area contributed by atoms with Crippen LogP contribution in [0, 0.1) is 29.6 Å². The Kier molecular flexibility index (Phi) is 7.63. The standard InChI is InChI=1S/C24H41F3N6O2/c1-14(8-22-31-28-13-32(22)2)15-9-20(29-16-6-7-35-12-16)30-21(10-15)33-11-18-17(23(33)34)4-3-5-19(18)24(25,26)27/h14-22,28-31H,3-13H2,1-2H3/t14-,15?,16-,17?,18?,19?,20?,21?,22?/m1/s1. The normalized spacial score (nSPS) is 42.0. The number of rotatable bonds is 6. The van der Waals surface area contributed by atoms with Crippen LogP contribution in [0.5, 0.6) is 0 Å². The van der Waals surface area contributed by atoms with Gasteiger partial charge in [-0.15, -0.1) is 0 Å². The second-order valence-electron chi connectivity index (χ2n) is 11.5. The van der Waals surface area contributed by atoms with Gasteiger partial charge < -0.3 is 9.64 Å². The summed E-state index contributed by atoms with van der Waals surface area (Å²) in [5.74, 6) is -1.81. The zero-order valence-corrected chi connectivity index (χ0v) is 20.8. The number of piperidine rings is 1. The third kappa shape index (κ3) is 5.50. The van der Waals surface area contributed by atoms with Crippen molar-refractivity contribution < 1.29 is 22.7 Å². The van der Waals surface area contributed by atoms with E-state index in [-0.39, 0.29) is 43.4 Å². The van der Waals surface area contributed by atoms with Gasteiger partial charge in [-0.05, 0) is 63.3 Å². The van der Waals surface area contributed by atoms with Crippen LogP contribution in [-0.4, -0.2) is 79.9 Å². The Bertz CT molecular complexity index is 751. The summed E-state index contributed by atoms with van der Waals surface area (Å²) < 4.78 is 46.9. The van der Waals surface area contributed by atoms with Gasteiger partial charge in [0.1, 0.15) is 0 Å². The Morgan fingerprint density at radius 3 is 2.74 bits per heavy atom. The summed E-state index contributed by atoms with van der Waals surface area (Å²) >= 11 is 0. The van der Waals surface area contributed by atoms with Crippen molar-refractivity contribution in [3.63, 3.8) is 0 Å². The van der Waals surface area contributed by atoms with Gasteiger partial charge in [-0.1, -0.05) is 13.3 Å². The Hall–Kier alpha value is -0.980. The first-order chi connectivity index (χ1) is 16.7. The van der Waals surface area contributed by atoms with E-state index in [4.69, 9.17) is 4.74 Å². The molecule has 35 heavy (non-hydrogen) atoms. The molecular weight excluding hydrogens is 461 g/mol. The number of likely N-dealkylation sites (tertiary alicyclic amines) is 1. The lowest BCUT2D eigenvalue weighted by Crippen LogP contribution is -2.61. The minimum atomic E-state index is -4.24. The Balaban J connectivity index is 1.31. The van der Waals surface area contributed by atoms with E-state index >= 15 is 0 Å². The number of nitrogens with one attached hydrogen (secondary N) is 4. The minimum Gasteiger partial charge on any atom is -0.380 e. The van der Waals surface area contributed by atoms with Crippen LogP contribution in [0.25, 0.3) is 0 Å². The van der Waals surface area contributed by atoms with Gasteiger partial charge in [0.25, 0.3) is 0 Å². The second-order valence-corrected chi connectivity index (χ2v) is 11.5. The van der Waals surface area contributed by atoms with Crippen molar-refractivity contribution in [2.45, 2.75) is 82.6 Å². The molecule has 200 valence electrons. The molecule has 0 aromatic rings. The molecule has 0 radical (unpaired) electrons. The Labute approximate surface area is 206 Å². The van der Waals surface area contributed by atoms with E-state index in [9.17, 15) is 18.0 Å². The number of carbonyl (C=O) groups is 1. The third-order valence-corrected chi connectivity index (χ3v) is 9.22. The minimum absolute atomic E-state index is 0.00846. The zero-order chi connectivity index (χ0) is 24.7. The van der Waals surface area contributed by atoms with Crippen LogP contribution < -0.4 is 21.5 Å². The highest BCUT2D eigenvalue weighted by Crippen LogP contribution is 2.48. The second kappa shape index (κ2) is 10.4. The smallest absolute Gasteiger partial charge is 0.380 e. The van der Waals surface area contributed by atoms with Crippen molar-refractivity contribution in [3.05, 3.63) is 0 Å². The maximum absolute atomic E-state index is 13.8. The highest BCUT2D eigenvalue weighted by atomic mass is 19.4. The lowest BCUT2D eigenvalue weighted by molar-refractivity contribution is -0.198. The molecule has 4 heterocycles. The van der Waals surface area contributed by atoms with Crippen LogP contribution in [0.15, 0.2) is 0 Å². The number of hydrogen-bond donors (Lipinski definition) is 4. The fraction of sp³-hybridized carbons (Fsp3) is 0.958. The molecule has 5 rings (SSSR count). The quantitative estimate of drug-likeness (QED) is 0.441. The van der Waals surface area contributed by atoms with Crippen molar-refractivity contribution in [2.75, 3.05) is 33.5 Å². The first kappa shape index (κ1) is 25.7. The van der Waals surface area contributed by atoms with Crippen molar-refractivity contribution in [1.82, 2.24) is 31.3 Å². The molecule has 8 nitrogen and oxygen atoms in total. The first-order valence-electron chi connectivity index (χ1n) is 13.4. The summed E-state index contributed by atoms with van der Waals surface area (Å²) in [4.78, 5) is 17.4. The molecule has 0 aromatic carbocycles. The number of hydrogen-bond acceptors (Lipinski definition) is 7. The number of hydrazine groups is 1. The summed E-state index contributed by atoms with van der Waals surface area (Å²) in [5.41, 5.74) is 6.51. The van der Waals surface area contributed by atoms with Gasteiger partial charge >= 0.3 is 6.18 Å². The SMILES string of the molecule is C[C@H](CC1NNCN1C)C1CC(N[C@@H]2CCOC2)NC(N2CC3C(CCCC3C(F)(F)F)C2=O)C1. The summed E-state index contributed by atoms with van der Waals surface area (Å²) in [5, 5.41) is 7.30. The lowest BCUT2D eigenvalue weighted by atomic mass is 9.73. The van der Waals surface area contributed by atoms with Crippen molar-refractivity contribution in [2.24, 2.45) is 29.6 Å². The highest BCUT2D eigenvalue weighted by Gasteiger charge is 2.56. The van der Waals surface area contributed by atoms with Gasteiger partial charge in [0.2, 0.25) is 5.91 Å². The number of fused-ring (bicyclic) bond motifs is 1. The van der Waals surface area contributed by atoms with Gasteiger partial charge in [-0.25, -0.2) is 10.9 Å². The molecule has 4 saturated heterocycles. The zero-order valence-electron chi connectivity index (χ0n) is 20.8. The van der Waals surface area contributed by atoms with Crippen LogP contribution in [0.3, 0.4) is 0 Å². The molecule has 5 aliphatic rings. The van der Waals surface area contributed by atoms with Crippen LogP contribution >= 0.6 is 0 Å². The molecule has 0 spiro atoms. The first-order valence-corrected chi connectivity index (χ1v) is 13.4. The predicted molar refractivity (Wildman–Crippen MR) is 124 cm³/mol. The topological polar surface area (TPSA) is 80.9 Å². The maximum Gasteiger partial charge on any atom is 0.392 e. The lowest BCUT2D eigenvalue weighted by Gasteiger charge is -2.44. The number of halogens is 3.